The number of nitrogens with zero attached hydrogens (tertiary/aromatic N) is 4. The number of nitrogens with one attached hydrogen (secondary N) is 2. The van der Waals surface area contributed by atoms with Crippen molar-refractivity contribution in [2.45, 2.75) is 62.8 Å². The Balaban J connectivity index is 1.92. The summed E-state index contributed by atoms with van der Waals surface area (Å²) in [6, 6.07) is 0. The number of aliphatic hydroxyl groups excluding tert-OH is 4. The quantitative estimate of drug-likeness (QED) is 0.211. The Hall–Kier alpha value is -3.28. The minimum Gasteiger partial charge on any atom is -0.394 e. The van der Waals surface area contributed by atoms with Gasteiger partial charge in [-0.25, -0.2) is 9.59 Å². The summed E-state index contributed by atoms with van der Waals surface area (Å²) in [5, 5.41) is 48.4. The third kappa shape index (κ3) is 4.27. The number of H-pyrrole nitrogens is 2. The number of aromatic amines is 2. The summed E-state index contributed by atoms with van der Waals surface area (Å²) >= 11 is 0. The molecule has 0 radical (unpaired) electrons. The van der Waals surface area contributed by atoms with Gasteiger partial charge in [-0.3, -0.25) is 28.7 Å². The van der Waals surface area contributed by atoms with Gasteiger partial charge in [-0.2, -0.15) is 0 Å². The summed E-state index contributed by atoms with van der Waals surface area (Å²) in [7, 11) is 0. The Morgan fingerprint density at radius 3 is 1.50 bits per heavy atom. The number of azo groups is 1. The van der Waals surface area contributed by atoms with Gasteiger partial charge < -0.3 is 29.9 Å². The summed E-state index contributed by atoms with van der Waals surface area (Å²) in [5.74, 6) is -4.20. The van der Waals surface area contributed by atoms with Gasteiger partial charge in [-0.05, 0) is 13.8 Å². The third-order valence-electron chi connectivity index (χ3n) is 6.20. The molecule has 16 nitrogen and oxygen atoms in total. The number of aliphatic hydroxyl groups is 4. The van der Waals surface area contributed by atoms with Gasteiger partial charge in [-0.15, -0.1) is 10.2 Å². The first-order chi connectivity index (χ1) is 16.9. The maximum absolute atomic E-state index is 12.7. The molecule has 2 aromatic heterocycles. The first-order valence-corrected chi connectivity index (χ1v) is 11.0. The first kappa shape index (κ1) is 25.8. The Kier molecular flexibility index (Phi) is 6.67. The van der Waals surface area contributed by atoms with Crippen molar-refractivity contribution in [3.63, 3.8) is 0 Å². The molecule has 2 saturated heterocycles. The molecular formula is C20H26N6O10. The van der Waals surface area contributed by atoms with E-state index in [1.807, 2.05) is 0 Å². The molecule has 2 aliphatic heterocycles. The van der Waals surface area contributed by atoms with Crippen LogP contribution >= 0.6 is 0 Å². The topological polar surface area (TPSA) is 234 Å². The molecule has 0 spiro atoms. The van der Waals surface area contributed by atoms with Crippen LogP contribution in [0.2, 0.25) is 0 Å². The fraction of sp³-hybridized carbons (Fsp3) is 0.600. The zero-order valence-electron chi connectivity index (χ0n) is 19.3. The van der Waals surface area contributed by atoms with Gasteiger partial charge in [0.25, 0.3) is 22.8 Å². The van der Waals surface area contributed by atoms with Crippen LogP contribution in [0.25, 0.3) is 0 Å². The van der Waals surface area contributed by atoms with Crippen molar-refractivity contribution < 1.29 is 29.9 Å². The predicted octanol–water partition coefficient (Wildman–Crippen LogP) is -3.34. The van der Waals surface area contributed by atoms with Crippen LogP contribution in [0, 0.1) is 13.8 Å². The molecule has 0 aromatic carbocycles. The van der Waals surface area contributed by atoms with E-state index in [1.165, 1.54) is 13.8 Å². The Morgan fingerprint density at radius 1 is 0.833 bits per heavy atom. The highest BCUT2D eigenvalue weighted by Gasteiger charge is 2.53. The maximum atomic E-state index is 12.7. The summed E-state index contributed by atoms with van der Waals surface area (Å²) in [6.07, 6.45) is -3.49. The molecule has 2 fully saturated rings. The van der Waals surface area contributed by atoms with E-state index in [1.54, 1.807) is 0 Å². The molecule has 0 aliphatic carbocycles. The van der Waals surface area contributed by atoms with Crippen LogP contribution in [0.4, 0.5) is 0 Å². The van der Waals surface area contributed by atoms with Crippen molar-refractivity contribution in [2.24, 2.45) is 10.2 Å². The summed E-state index contributed by atoms with van der Waals surface area (Å²) < 4.78 is 13.2. The minimum atomic E-state index is -2.10. The van der Waals surface area contributed by atoms with Gasteiger partial charge in [0.2, 0.25) is 0 Å². The second kappa shape index (κ2) is 9.30. The average molecular weight is 510 g/mol. The molecule has 0 unspecified atom stereocenters. The van der Waals surface area contributed by atoms with Crippen molar-refractivity contribution >= 4 is 0 Å². The normalized spacial score (nSPS) is 32.5. The molecule has 6 atom stereocenters. The van der Waals surface area contributed by atoms with Gasteiger partial charge in [0.1, 0.15) is 12.2 Å². The zero-order valence-corrected chi connectivity index (χ0v) is 19.3. The molecule has 196 valence electrons. The molecule has 6 N–H and O–H groups in total. The monoisotopic (exact) mass is 510 g/mol. The highest BCUT2D eigenvalue weighted by atomic mass is 16.6. The SMILES string of the molecule is Cc1cn([C@@]2(N=N[C@]3(n4cc(C)c(=O)[nH]c4=O)C[C@H](O)[C@@H](CO)O3)C[C@H](O)[C@@H](CO)O2)c(=O)[nH]c1=O. The van der Waals surface area contributed by atoms with Gasteiger partial charge >= 0.3 is 11.4 Å². The van der Waals surface area contributed by atoms with Crippen molar-refractivity contribution in [2.75, 3.05) is 13.2 Å². The van der Waals surface area contributed by atoms with Gasteiger partial charge in [-0.1, -0.05) is 0 Å². The minimum absolute atomic E-state index is 0.102. The van der Waals surface area contributed by atoms with E-state index in [0.717, 1.165) is 21.5 Å². The molecule has 0 bridgehead atoms. The number of ether oxygens (including phenoxy) is 2. The molecule has 16 heteroatoms. The van der Waals surface area contributed by atoms with Crippen molar-refractivity contribution in [1.29, 1.82) is 0 Å². The second-order valence-electron chi connectivity index (χ2n) is 8.79. The number of hydrogen-bond donors (Lipinski definition) is 6. The average Bonchev–Trinajstić information content (AvgIpc) is 3.34. The van der Waals surface area contributed by atoms with Crippen LogP contribution in [-0.2, 0) is 21.2 Å². The highest BCUT2D eigenvalue weighted by molar-refractivity contribution is 5.06. The Labute approximate surface area is 201 Å². The van der Waals surface area contributed by atoms with E-state index in [0.29, 0.717) is 0 Å². The fourth-order valence-electron chi connectivity index (χ4n) is 4.21. The smallest absolute Gasteiger partial charge is 0.332 e. The molecule has 0 amide bonds. The van der Waals surface area contributed by atoms with Crippen molar-refractivity contribution in [1.82, 2.24) is 19.1 Å². The fourth-order valence-corrected chi connectivity index (χ4v) is 4.21. The molecule has 2 aromatic rings. The molecule has 0 saturated carbocycles. The van der Waals surface area contributed by atoms with Crippen molar-refractivity contribution in [3.05, 3.63) is 65.2 Å². The number of aromatic nitrogens is 4. The number of rotatable bonds is 6. The number of aryl methyl sites for hydroxylation is 2. The number of hydrogen-bond acceptors (Lipinski definition) is 12. The lowest BCUT2D eigenvalue weighted by atomic mass is 10.1. The molecule has 4 rings (SSSR count). The van der Waals surface area contributed by atoms with E-state index in [9.17, 15) is 39.6 Å². The van der Waals surface area contributed by atoms with E-state index >= 15 is 0 Å². The second-order valence-corrected chi connectivity index (χ2v) is 8.79. The van der Waals surface area contributed by atoms with Gasteiger partial charge in [0.15, 0.2) is 0 Å². The van der Waals surface area contributed by atoms with Crippen molar-refractivity contribution in [3.8, 4) is 0 Å². The maximum Gasteiger partial charge on any atom is 0.332 e. The lowest BCUT2D eigenvalue weighted by Gasteiger charge is -2.29. The van der Waals surface area contributed by atoms with Gasteiger partial charge in [0, 0.05) is 36.4 Å². The van der Waals surface area contributed by atoms with Crippen LogP contribution in [0.15, 0.2) is 41.8 Å². The van der Waals surface area contributed by atoms with E-state index in [4.69, 9.17) is 9.47 Å². The van der Waals surface area contributed by atoms with Gasteiger partial charge in [0.05, 0.1) is 25.4 Å². The van der Waals surface area contributed by atoms with Crippen LogP contribution < -0.4 is 22.5 Å². The summed E-state index contributed by atoms with van der Waals surface area (Å²) in [6.45, 7) is 1.56. The lowest BCUT2D eigenvalue weighted by Crippen LogP contribution is -2.46. The van der Waals surface area contributed by atoms with E-state index < -0.39 is 84.7 Å². The van der Waals surface area contributed by atoms with E-state index in [2.05, 4.69) is 20.2 Å². The summed E-state index contributed by atoms with van der Waals surface area (Å²) in [4.78, 5) is 53.4. The Bertz CT molecular complexity index is 1310. The molecule has 2 aliphatic rings. The standard InChI is InChI=1S/C20H26N6O10/c1-9-5-25(17(33)21-15(9)31)19(3-11(29)13(7-27)35-19)23-24-20(4-12(30)14(8-28)36-20)26-6-10(2)16(32)22-18(26)34/h5-6,11-14,27-30H,3-4,7-8H2,1-2H3,(H,21,31,33)(H,22,32,34)/t11-,12-,13+,14+,19-,20-/m0/s1. The largest absolute Gasteiger partial charge is 0.394 e. The molecular weight excluding hydrogens is 484 g/mol. The van der Waals surface area contributed by atoms with Crippen LogP contribution in [-0.4, -0.2) is 77.2 Å². The Morgan fingerprint density at radius 2 is 1.19 bits per heavy atom. The third-order valence-corrected chi connectivity index (χ3v) is 6.20. The lowest BCUT2D eigenvalue weighted by molar-refractivity contribution is -0.142. The molecule has 36 heavy (non-hydrogen) atoms. The molecule has 4 heterocycles. The highest BCUT2D eigenvalue weighted by Crippen LogP contribution is 2.40. The van der Waals surface area contributed by atoms with E-state index in [-0.39, 0.29) is 11.1 Å². The van der Waals surface area contributed by atoms with Crippen LogP contribution in [0.1, 0.15) is 24.0 Å². The van der Waals surface area contributed by atoms with Crippen LogP contribution in [0.5, 0.6) is 0 Å². The first-order valence-electron chi connectivity index (χ1n) is 11.0. The predicted molar refractivity (Wildman–Crippen MR) is 118 cm³/mol. The zero-order chi connectivity index (χ0) is 26.4. The summed E-state index contributed by atoms with van der Waals surface area (Å²) in [5.41, 5.74) is -3.04. The van der Waals surface area contributed by atoms with Crippen LogP contribution in [0.3, 0.4) is 0 Å².